The number of nitrogens with one attached hydrogen (secondary N) is 3. The molecule has 1 heterocycles. The lowest BCUT2D eigenvalue weighted by Gasteiger charge is -2.14. The lowest BCUT2D eigenvalue weighted by atomic mass is 10.1. The molecule has 33 heavy (non-hydrogen) atoms. The molecule has 8 heteroatoms. The van der Waals surface area contributed by atoms with E-state index in [9.17, 15) is 19.4 Å². The second-order valence-corrected chi connectivity index (χ2v) is 8.88. The summed E-state index contributed by atoms with van der Waals surface area (Å²) in [5, 5.41) is 26.7. The maximum Gasteiger partial charge on any atom is 0.305 e. The van der Waals surface area contributed by atoms with Gasteiger partial charge in [0, 0.05) is 31.6 Å². The fraction of sp³-hybridized carbons (Fsp3) is 0.240. The zero-order chi connectivity index (χ0) is 23.2. The predicted molar refractivity (Wildman–Crippen MR) is 129 cm³/mol. The topological polar surface area (TPSA) is 97.4 Å². The monoisotopic (exact) mass is 467 g/mol. The number of phenols is 1. The lowest BCUT2D eigenvalue weighted by Crippen LogP contribution is -2.32. The molecule has 0 spiro atoms. The smallest absolute Gasteiger partial charge is 0.305 e. The molecule has 4 rings (SSSR count). The van der Waals surface area contributed by atoms with Crippen molar-refractivity contribution in [1.82, 2.24) is 15.6 Å². The molecule has 4 aromatic rings. The molecule has 3 aromatic carbocycles. The molecule has 0 fully saturated rings. The van der Waals surface area contributed by atoms with Crippen LogP contribution in [0.4, 0.5) is 4.39 Å². The molecule has 0 amide bonds. The van der Waals surface area contributed by atoms with Gasteiger partial charge in [-0.05, 0) is 35.2 Å². The molecular weight excluding hydrogens is 441 g/mol. The number of aliphatic hydroxyl groups excluding tert-OH is 1. The van der Waals surface area contributed by atoms with Crippen molar-refractivity contribution in [2.45, 2.75) is 32.2 Å². The Bertz CT molecular complexity index is 1290. The van der Waals surface area contributed by atoms with Crippen molar-refractivity contribution < 1.29 is 14.6 Å². The third-order valence-electron chi connectivity index (χ3n) is 5.44. The maximum absolute atomic E-state index is 13.7. The van der Waals surface area contributed by atoms with Crippen LogP contribution in [-0.4, -0.2) is 28.0 Å². The highest BCUT2D eigenvalue weighted by atomic mass is 32.1. The van der Waals surface area contributed by atoms with Crippen LogP contribution in [0.5, 0.6) is 5.75 Å². The maximum atomic E-state index is 13.7. The summed E-state index contributed by atoms with van der Waals surface area (Å²) < 4.78 is 14.4. The van der Waals surface area contributed by atoms with E-state index >= 15 is 0 Å². The standard InChI is InChI=1S/C25H26FN3O3S/c26-20-7-2-1-6-19(20)15-27-14-17-5-3-4-16(12-17)10-11-28-22(31)13-18-8-9-21(30)23-24(18)33-25(32)29-23/h1-9,12,22,27-28,30-31H,10-11,13-15H2,(H,29,32). The van der Waals surface area contributed by atoms with E-state index in [0.29, 0.717) is 41.8 Å². The molecule has 172 valence electrons. The molecule has 0 aliphatic rings. The number of aromatic hydroxyl groups is 1. The van der Waals surface area contributed by atoms with Crippen LogP contribution in [0.2, 0.25) is 0 Å². The molecule has 0 radical (unpaired) electrons. The number of benzene rings is 3. The number of thiazole rings is 1. The van der Waals surface area contributed by atoms with Gasteiger partial charge in [-0.3, -0.25) is 10.1 Å². The summed E-state index contributed by atoms with van der Waals surface area (Å²) in [6.07, 6.45) is 0.284. The fourth-order valence-electron chi connectivity index (χ4n) is 3.78. The van der Waals surface area contributed by atoms with E-state index in [1.54, 1.807) is 18.2 Å². The molecule has 1 unspecified atom stereocenters. The second kappa shape index (κ2) is 10.7. The summed E-state index contributed by atoms with van der Waals surface area (Å²) >= 11 is 1.03. The number of hydrogen-bond acceptors (Lipinski definition) is 6. The van der Waals surface area contributed by atoms with E-state index in [0.717, 1.165) is 34.4 Å². The van der Waals surface area contributed by atoms with E-state index in [4.69, 9.17) is 0 Å². The molecule has 0 saturated carbocycles. The van der Waals surface area contributed by atoms with Crippen molar-refractivity contribution in [3.05, 3.63) is 98.4 Å². The molecule has 0 bridgehead atoms. The minimum Gasteiger partial charge on any atom is -0.506 e. The second-order valence-electron chi connectivity index (χ2n) is 7.90. The number of halogens is 1. The zero-order valence-electron chi connectivity index (χ0n) is 18.0. The molecular formula is C25H26FN3O3S. The van der Waals surface area contributed by atoms with Crippen LogP contribution in [0.1, 0.15) is 22.3 Å². The van der Waals surface area contributed by atoms with Crippen molar-refractivity contribution >= 4 is 21.6 Å². The SMILES string of the molecule is O=c1[nH]c2c(O)ccc(CC(O)NCCc3cccc(CNCc4ccccc4F)c3)c2s1. The molecule has 0 saturated heterocycles. The summed E-state index contributed by atoms with van der Waals surface area (Å²) in [5.41, 5.74) is 4.10. The number of aromatic nitrogens is 1. The van der Waals surface area contributed by atoms with Gasteiger partial charge < -0.3 is 20.5 Å². The minimum absolute atomic E-state index is 0.0258. The van der Waals surface area contributed by atoms with E-state index < -0.39 is 6.23 Å². The van der Waals surface area contributed by atoms with Crippen LogP contribution in [0.15, 0.2) is 65.5 Å². The zero-order valence-corrected chi connectivity index (χ0v) is 18.8. The molecule has 0 aliphatic heterocycles. The van der Waals surface area contributed by atoms with Gasteiger partial charge in [0.1, 0.15) is 23.3 Å². The van der Waals surface area contributed by atoms with Gasteiger partial charge in [0.15, 0.2) is 0 Å². The Morgan fingerprint density at radius 1 is 1.00 bits per heavy atom. The largest absolute Gasteiger partial charge is 0.506 e. The number of H-pyrrole nitrogens is 1. The third-order valence-corrected chi connectivity index (χ3v) is 6.40. The van der Waals surface area contributed by atoms with E-state index in [1.807, 2.05) is 24.3 Å². The van der Waals surface area contributed by atoms with Crippen molar-refractivity contribution in [2.75, 3.05) is 6.54 Å². The van der Waals surface area contributed by atoms with Gasteiger partial charge in [0.05, 0.1) is 4.70 Å². The van der Waals surface area contributed by atoms with Gasteiger partial charge in [0.25, 0.3) is 0 Å². The van der Waals surface area contributed by atoms with Crippen molar-refractivity contribution in [1.29, 1.82) is 0 Å². The van der Waals surface area contributed by atoms with Gasteiger partial charge in [0.2, 0.25) is 0 Å². The number of hydrogen-bond donors (Lipinski definition) is 5. The van der Waals surface area contributed by atoms with Crippen molar-refractivity contribution in [3.8, 4) is 5.75 Å². The summed E-state index contributed by atoms with van der Waals surface area (Å²) in [7, 11) is 0. The number of rotatable bonds is 10. The number of fused-ring (bicyclic) bond motifs is 1. The molecule has 0 aliphatic carbocycles. The summed E-state index contributed by atoms with van der Waals surface area (Å²) in [6, 6.07) is 18.2. The van der Waals surface area contributed by atoms with Crippen LogP contribution in [-0.2, 0) is 25.9 Å². The first kappa shape index (κ1) is 23.1. The summed E-state index contributed by atoms with van der Waals surface area (Å²) in [4.78, 5) is 14.0. The molecule has 1 aromatic heterocycles. The Morgan fingerprint density at radius 3 is 2.67 bits per heavy atom. The van der Waals surface area contributed by atoms with Crippen molar-refractivity contribution in [3.63, 3.8) is 0 Å². The van der Waals surface area contributed by atoms with E-state index in [2.05, 4.69) is 21.7 Å². The first-order valence-corrected chi connectivity index (χ1v) is 11.6. The van der Waals surface area contributed by atoms with Crippen LogP contribution in [0.3, 0.4) is 0 Å². The highest BCUT2D eigenvalue weighted by Gasteiger charge is 2.13. The highest BCUT2D eigenvalue weighted by Crippen LogP contribution is 2.28. The molecule has 1 atom stereocenters. The minimum atomic E-state index is -0.777. The van der Waals surface area contributed by atoms with Gasteiger partial charge >= 0.3 is 4.87 Å². The predicted octanol–water partition coefficient (Wildman–Crippen LogP) is 3.42. The van der Waals surface area contributed by atoms with Gasteiger partial charge in [-0.1, -0.05) is 59.9 Å². The van der Waals surface area contributed by atoms with Crippen LogP contribution < -0.4 is 15.5 Å². The Labute approximate surface area is 194 Å². The quantitative estimate of drug-likeness (QED) is 0.230. The van der Waals surface area contributed by atoms with Crippen LogP contribution in [0, 0.1) is 5.82 Å². The average Bonchev–Trinajstić information content (AvgIpc) is 3.20. The number of aliphatic hydroxyl groups is 1. The third kappa shape index (κ3) is 6.06. The Morgan fingerprint density at radius 2 is 1.82 bits per heavy atom. The number of aromatic amines is 1. The van der Waals surface area contributed by atoms with Gasteiger partial charge in [-0.25, -0.2) is 4.39 Å². The lowest BCUT2D eigenvalue weighted by molar-refractivity contribution is 0.138. The van der Waals surface area contributed by atoms with Gasteiger partial charge in [-0.2, -0.15) is 0 Å². The van der Waals surface area contributed by atoms with Crippen LogP contribution >= 0.6 is 11.3 Å². The Kier molecular flexibility index (Phi) is 7.51. The normalized spacial score (nSPS) is 12.3. The Balaban J connectivity index is 1.26. The van der Waals surface area contributed by atoms with Gasteiger partial charge in [-0.15, -0.1) is 0 Å². The van der Waals surface area contributed by atoms with Crippen molar-refractivity contribution in [2.24, 2.45) is 0 Å². The summed E-state index contributed by atoms with van der Waals surface area (Å²) in [6.45, 7) is 1.68. The average molecular weight is 468 g/mol. The van der Waals surface area contributed by atoms with E-state index in [-0.39, 0.29) is 16.4 Å². The van der Waals surface area contributed by atoms with Crippen LogP contribution in [0.25, 0.3) is 10.2 Å². The molecule has 6 nitrogen and oxygen atoms in total. The fourth-order valence-corrected chi connectivity index (χ4v) is 4.65. The van der Waals surface area contributed by atoms with E-state index in [1.165, 1.54) is 12.1 Å². The highest BCUT2D eigenvalue weighted by molar-refractivity contribution is 7.16. The Hall–Kier alpha value is -3.04. The first-order valence-electron chi connectivity index (χ1n) is 10.8. The molecule has 5 N–H and O–H groups in total. The summed E-state index contributed by atoms with van der Waals surface area (Å²) in [5.74, 6) is -0.181. The first-order chi connectivity index (χ1) is 16.0. The number of phenolic OH excluding ortho intramolecular Hbond substituents is 1.